The first-order valence-corrected chi connectivity index (χ1v) is 21.4. The predicted molar refractivity (Wildman–Crippen MR) is 261 cm³/mol. The number of rotatable bonds is 7. The van der Waals surface area contributed by atoms with Gasteiger partial charge < -0.3 is 4.57 Å². The average molecular weight is 808 g/mol. The van der Waals surface area contributed by atoms with Crippen LogP contribution < -0.4 is 4.90 Å². The molecule has 1 aliphatic carbocycles. The third kappa shape index (κ3) is 6.57. The monoisotopic (exact) mass is 807 g/mol. The van der Waals surface area contributed by atoms with Crippen LogP contribution in [0.2, 0.25) is 0 Å². The number of terminal acetylenes is 1. The summed E-state index contributed by atoms with van der Waals surface area (Å²) in [7, 11) is 0. The summed E-state index contributed by atoms with van der Waals surface area (Å²) in [6.07, 6.45) is 20.8. The third-order valence-corrected chi connectivity index (χ3v) is 12.2. The predicted octanol–water partition coefficient (Wildman–Crippen LogP) is 14.4. The molecule has 63 heavy (non-hydrogen) atoms. The Bertz CT molecular complexity index is 3320. The summed E-state index contributed by atoms with van der Waals surface area (Å²) >= 11 is 0. The highest BCUT2D eigenvalue weighted by atomic mass is 15.2. The molecule has 1 aliphatic heterocycles. The van der Waals surface area contributed by atoms with Crippen LogP contribution in [0.1, 0.15) is 24.9 Å². The van der Waals surface area contributed by atoms with Gasteiger partial charge in [-0.3, -0.25) is 4.90 Å². The normalized spacial score (nSPS) is 14.5. The summed E-state index contributed by atoms with van der Waals surface area (Å²) in [6.45, 7) is 2.07. The van der Waals surface area contributed by atoms with Crippen molar-refractivity contribution in [2.45, 2.75) is 19.4 Å². The number of hydrogen-bond donors (Lipinski definition) is 0. The molecule has 7 aromatic carbocycles. The highest BCUT2D eigenvalue weighted by molar-refractivity contribution is 6.18. The topological polar surface area (TPSA) is 46.8 Å². The molecule has 5 nitrogen and oxygen atoms in total. The van der Waals surface area contributed by atoms with Crippen molar-refractivity contribution in [1.29, 1.82) is 0 Å². The van der Waals surface area contributed by atoms with Gasteiger partial charge in [0.05, 0.1) is 28.6 Å². The van der Waals surface area contributed by atoms with Crippen molar-refractivity contribution >= 4 is 38.8 Å². The summed E-state index contributed by atoms with van der Waals surface area (Å²) in [4.78, 5) is 17.2. The second-order valence-electron chi connectivity index (χ2n) is 15.8. The zero-order valence-corrected chi connectivity index (χ0v) is 34.7. The molecule has 11 rings (SSSR count). The lowest BCUT2D eigenvalue weighted by Gasteiger charge is -2.30. The summed E-state index contributed by atoms with van der Waals surface area (Å²) < 4.78 is 2.53. The molecular formula is C58H41N5. The standard InChI is InChI=1S/C58H41N5/c1-3-39(40-32-34-43(35-33-40)58-60-56(41-20-8-5-9-21-41)59-57(61-58)42-22-10-6-11-23-42)38-44(4-2)62-52-30-18-16-28-48(52)46-26-14-15-27-47(46)50-36-37-51-49-29-17-19-31-53(49)63(55(51)54(50)62)45-24-12-7-13-25-45/h2-3,5-24,26-38,45H,25H2,1H3/b39-3+,44-38+. The van der Waals surface area contributed by atoms with Crippen LogP contribution >= 0.6 is 0 Å². The lowest BCUT2D eigenvalue weighted by Crippen LogP contribution is -2.18. The Labute approximate surface area is 367 Å². The Morgan fingerprint density at radius 2 is 1.17 bits per heavy atom. The van der Waals surface area contributed by atoms with E-state index in [9.17, 15) is 0 Å². The number of nitrogens with zero attached hydrogens (tertiary/aromatic N) is 5. The molecule has 9 aromatic rings. The van der Waals surface area contributed by atoms with E-state index in [4.69, 9.17) is 21.4 Å². The third-order valence-electron chi connectivity index (χ3n) is 12.2. The zero-order chi connectivity index (χ0) is 42.3. The average Bonchev–Trinajstić information content (AvgIpc) is 3.64. The van der Waals surface area contributed by atoms with Crippen molar-refractivity contribution in [1.82, 2.24) is 19.5 Å². The van der Waals surface area contributed by atoms with Gasteiger partial charge in [0.2, 0.25) is 0 Å². The maximum atomic E-state index is 6.74. The van der Waals surface area contributed by atoms with Crippen molar-refractivity contribution in [2.24, 2.45) is 0 Å². The number of anilines is 2. The number of hydrogen-bond acceptors (Lipinski definition) is 4. The van der Waals surface area contributed by atoms with Crippen molar-refractivity contribution in [3.05, 3.63) is 218 Å². The first kappa shape index (κ1) is 37.7. The maximum absolute atomic E-state index is 6.74. The molecule has 0 saturated heterocycles. The number of fused-ring (bicyclic) bond motifs is 9. The van der Waals surface area contributed by atoms with Crippen LogP contribution in [0, 0.1) is 12.3 Å². The molecule has 2 aromatic heterocycles. The highest BCUT2D eigenvalue weighted by Crippen LogP contribution is 2.53. The van der Waals surface area contributed by atoms with Crippen molar-refractivity contribution in [3.63, 3.8) is 0 Å². The minimum absolute atomic E-state index is 0.124. The smallest absolute Gasteiger partial charge is 0.164 e. The van der Waals surface area contributed by atoms with Crippen LogP contribution in [0.4, 0.5) is 11.4 Å². The molecule has 0 N–H and O–H groups in total. The van der Waals surface area contributed by atoms with Gasteiger partial charge in [-0.05, 0) is 53.8 Å². The first-order valence-electron chi connectivity index (χ1n) is 21.4. The van der Waals surface area contributed by atoms with E-state index in [1.807, 2.05) is 60.7 Å². The van der Waals surface area contributed by atoms with Gasteiger partial charge in [-0.15, -0.1) is 6.42 Å². The second-order valence-corrected chi connectivity index (χ2v) is 15.8. The van der Waals surface area contributed by atoms with E-state index in [1.165, 1.54) is 27.4 Å². The van der Waals surface area contributed by atoms with Crippen molar-refractivity contribution in [2.75, 3.05) is 4.90 Å². The number of aromatic nitrogens is 4. The van der Waals surface area contributed by atoms with E-state index in [2.05, 4.69) is 168 Å². The molecule has 5 heteroatoms. The largest absolute Gasteiger partial charge is 0.331 e. The Hall–Kier alpha value is -8.33. The second kappa shape index (κ2) is 15.9. The van der Waals surface area contributed by atoms with E-state index in [-0.39, 0.29) is 6.04 Å². The molecule has 1 atom stereocenters. The molecule has 0 radical (unpaired) electrons. The molecular weight excluding hydrogens is 767 g/mol. The maximum Gasteiger partial charge on any atom is 0.164 e. The highest BCUT2D eigenvalue weighted by Gasteiger charge is 2.31. The molecule has 0 spiro atoms. The number of allylic oxidation sites excluding steroid dienone is 8. The first-order chi connectivity index (χ1) is 31.2. The van der Waals surface area contributed by atoms with E-state index in [1.54, 1.807) is 0 Å². The van der Waals surface area contributed by atoms with Crippen LogP contribution in [0.3, 0.4) is 0 Å². The Morgan fingerprint density at radius 3 is 1.81 bits per heavy atom. The summed E-state index contributed by atoms with van der Waals surface area (Å²) in [6, 6.07) is 59.4. The minimum atomic E-state index is 0.124. The van der Waals surface area contributed by atoms with Gasteiger partial charge in [-0.25, -0.2) is 15.0 Å². The molecule has 298 valence electrons. The van der Waals surface area contributed by atoms with Crippen LogP contribution in [0.15, 0.2) is 212 Å². The van der Waals surface area contributed by atoms with Gasteiger partial charge >= 0.3 is 0 Å². The van der Waals surface area contributed by atoms with E-state index < -0.39 is 0 Å². The van der Waals surface area contributed by atoms with Gasteiger partial charge in [-0.1, -0.05) is 194 Å². The van der Waals surface area contributed by atoms with E-state index >= 15 is 0 Å². The lowest BCUT2D eigenvalue weighted by atomic mass is 9.94. The molecule has 0 saturated carbocycles. The van der Waals surface area contributed by atoms with Crippen LogP contribution in [0.25, 0.3) is 83.8 Å². The van der Waals surface area contributed by atoms with Gasteiger partial charge in [0.1, 0.15) is 0 Å². The fraction of sp³-hybridized carbons (Fsp3) is 0.0517. The fourth-order valence-electron chi connectivity index (χ4n) is 9.24. The van der Waals surface area contributed by atoms with Crippen LogP contribution in [-0.2, 0) is 0 Å². The van der Waals surface area contributed by atoms with Gasteiger partial charge in [0, 0.05) is 44.1 Å². The molecule has 3 heterocycles. The van der Waals surface area contributed by atoms with Crippen LogP contribution in [-0.4, -0.2) is 19.5 Å². The number of benzene rings is 7. The lowest BCUT2D eigenvalue weighted by molar-refractivity contribution is 0.648. The van der Waals surface area contributed by atoms with E-state index in [0.717, 1.165) is 68.0 Å². The summed E-state index contributed by atoms with van der Waals surface area (Å²) in [5.74, 6) is 5.07. The molecule has 2 aliphatic rings. The van der Waals surface area contributed by atoms with Gasteiger partial charge in [0.25, 0.3) is 0 Å². The van der Waals surface area contributed by atoms with Gasteiger partial charge in [0.15, 0.2) is 17.5 Å². The Morgan fingerprint density at radius 1 is 0.587 bits per heavy atom. The SMILES string of the molecule is C#C/C(=C\C(=C/C)c1ccc(-c2nc(-c3ccccc3)nc(-c3ccccc3)n2)cc1)N1c2ccccc2-c2ccccc2-c2ccc3c4ccccc4n(C4C=CC=CC4)c3c21. The summed E-state index contributed by atoms with van der Waals surface area (Å²) in [5.41, 5.74) is 14.5. The van der Waals surface area contributed by atoms with Gasteiger partial charge in [-0.2, -0.15) is 0 Å². The molecule has 0 bridgehead atoms. The molecule has 0 amide bonds. The van der Waals surface area contributed by atoms with E-state index in [0.29, 0.717) is 17.5 Å². The number of para-hydroxylation sites is 2. The van der Waals surface area contributed by atoms with Crippen LogP contribution in [0.5, 0.6) is 0 Å². The summed E-state index contributed by atoms with van der Waals surface area (Å²) in [5, 5.41) is 2.41. The Kier molecular flexibility index (Phi) is 9.52. The quantitative estimate of drug-likeness (QED) is 0.119. The molecule has 1 unspecified atom stereocenters. The fourth-order valence-corrected chi connectivity index (χ4v) is 9.24. The Balaban J connectivity index is 1.08. The zero-order valence-electron chi connectivity index (χ0n) is 34.7. The van der Waals surface area contributed by atoms with Crippen molar-refractivity contribution in [3.8, 4) is 68.8 Å². The van der Waals surface area contributed by atoms with Crippen molar-refractivity contribution < 1.29 is 0 Å². The minimum Gasteiger partial charge on any atom is -0.331 e. The molecule has 0 fully saturated rings.